The van der Waals surface area contributed by atoms with Gasteiger partial charge in [-0.1, -0.05) is 26.8 Å². The van der Waals surface area contributed by atoms with Gasteiger partial charge >= 0.3 is 11.9 Å². The minimum atomic E-state index is -0.907. The van der Waals surface area contributed by atoms with Crippen LogP contribution in [-0.2, 0) is 33.3 Å². The highest BCUT2D eigenvalue weighted by Gasteiger charge is 2.82. The minimum absolute atomic E-state index is 0.160. The highest BCUT2D eigenvalue weighted by molar-refractivity contribution is 5.87. The van der Waals surface area contributed by atoms with Crippen molar-refractivity contribution in [3.63, 3.8) is 0 Å². The van der Waals surface area contributed by atoms with Gasteiger partial charge in [0, 0.05) is 59.5 Å². The van der Waals surface area contributed by atoms with Crippen molar-refractivity contribution in [2.75, 3.05) is 6.61 Å². The molecule has 1 aromatic rings. The van der Waals surface area contributed by atoms with Crippen LogP contribution in [0.25, 0.3) is 5.57 Å². The van der Waals surface area contributed by atoms with E-state index in [1.807, 2.05) is 13.0 Å². The topological polar surface area (TPSA) is 114 Å². The molecule has 1 spiro atoms. The molecule has 7 rings (SSSR count). The van der Waals surface area contributed by atoms with Crippen LogP contribution in [0.1, 0.15) is 73.3 Å². The quantitative estimate of drug-likeness (QED) is 0.403. The summed E-state index contributed by atoms with van der Waals surface area (Å²) in [5, 5.41) is 12.6. The third-order valence-electron chi connectivity index (χ3n) is 12.5. The number of carbonyl (C=O) groups excluding carboxylic acids is 2. The molecule has 2 saturated carbocycles. The Morgan fingerprint density at radius 1 is 1.12 bits per heavy atom. The van der Waals surface area contributed by atoms with E-state index < -0.39 is 58.5 Å². The minimum Gasteiger partial charge on any atom is -0.472 e. The monoisotopic (exact) mass is 582 g/mol. The van der Waals surface area contributed by atoms with Gasteiger partial charge in [-0.25, -0.2) is 4.79 Å². The van der Waals surface area contributed by atoms with E-state index in [2.05, 4.69) is 27.7 Å². The average Bonchev–Trinajstić information content (AvgIpc) is 3.71. The fraction of sp³-hybridized carbons (Fsp3) is 0.697. The number of aliphatic hydroxyl groups excluding tert-OH is 1. The van der Waals surface area contributed by atoms with Gasteiger partial charge in [0.2, 0.25) is 0 Å². The lowest BCUT2D eigenvalue weighted by molar-refractivity contribution is -0.320. The summed E-state index contributed by atoms with van der Waals surface area (Å²) < 4.78 is 37.9. The number of furan rings is 1. The van der Waals surface area contributed by atoms with Gasteiger partial charge < -0.3 is 33.2 Å². The molecule has 4 heterocycles. The van der Waals surface area contributed by atoms with E-state index in [9.17, 15) is 14.7 Å². The molecule has 9 nitrogen and oxygen atoms in total. The molecular formula is C33H42O9. The van der Waals surface area contributed by atoms with Crippen molar-refractivity contribution in [2.45, 2.75) is 110 Å². The van der Waals surface area contributed by atoms with Crippen molar-refractivity contribution in [1.82, 2.24) is 0 Å². The maximum atomic E-state index is 13.4. The average molecular weight is 583 g/mol. The molecule has 228 valence electrons. The van der Waals surface area contributed by atoms with E-state index in [0.29, 0.717) is 31.4 Å². The first-order valence-electron chi connectivity index (χ1n) is 15.2. The van der Waals surface area contributed by atoms with E-state index in [4.69, 9.17) is 28.1 Å². The molecule has 1 N–H and O–H groups in total. The number of carbonyl (C=O) groups is 2. The Morgan fingerprint density at radius 2 is 1.88 bits per heavy atom. The second kappa shape index (κ2) is 9.03. The molecule has 0 amide bonds. The SMILES string of the molecule is C/C=C(\C)C(=O)O[C@H]1C[C@@H](OC(C)=O)[C@@]2(C)CO[C@H]3[C@@H](O)[C@]4(C)[C@H](C[C@@H]5O[C@H]6CC(c7ccoc7)=C(C)[C@@]64O5)[C@]1(C)[C@@H]32. The van der Waals surface area contributed by atoms with Crippen LogP contribution in [0.3, 0.4) is 0 Å². The lowest BCUT2D eigenvalue weighted by Gasteiger charge is -2.69. The largest absolute Gasteiger partial charge is 0.472 e. The van der Waals surface area contributed by atoms with Crippen LogP contribution in [0.4, 0.5) is 0 Å². The summed E-state index contributed by atoms with van der Waals surface area (Å²) in [7, 11) is 0. The van der Waals surface area contributed by atoms with Crippen LogP contribution in [0, 0.1) is 28.1 Å². The summed E-state index contributed by atoms with van der Waals surface area (Å²) in [5.41, 5.74) is 0.690. The van der Waals surface area contributed by atoms with Crippen molar-refractivity contribution in [3.8, 4) is 0 Å². The Morgan fingerprint density at radius 3 is 2.55 bits per heavy atom. The fourth-order valence-electron chi connectivity index (χ4n) is 10.5. The van der Waals surface area contributed by atoms with Crippen LogP contribution in [0.2, 0.25) is 0 Å². The normalized spacial score (nSPS) is 48.9. The van der Waals surface area contributed by atoms with Crippen LogP contribution in [-0.4, -0.2) is 66.1 Å². The first kappa shape index (κ1) is 28.3. The second-order valence-electron chi connectivity index (χ2n) is 14.1. The molecule has 3 saturated heterocycles. The number of rotatable bonds is 4. The zero-order chi connectivity index (χ0) is 30.0. The number of allylic oxidation sites excluding steroid dienone is 1. The predicted molar refractivity (Wildman–Crippen MR) is 150 cm³/mol. The molecule has 6 aliphatic rings. The molecule has 2 bridgehead atoms. The van der Waals surface area contributed by atoms with E-state index in [1.54, 1.807) is 25.5 Å². The lowest BCUT2D eigenvalue weighted by Crippen LogP contribution is -2.77. The summed E-state index contributed by atoms with van der Waals surface area (Å²) in [6, 6.07) is 1.95. The van der Waals surface area contributed by atoms with Crippen molar-refractivity contribution < 1.29 is 42.8 Å². The summed E-state index contributed by atoms with van der Waals surface area (Å²) >= 11 is 0. The third kappa shape index (κ3) is 3.23. The van der Waals surface area contributed by atoms with Crippen LogP contribution >= 0.6 is 0 Å². The Hall–Kier alpha value is -2.46. The Kier molecular flexibility index (Phi) is 6.09. The summed E-state index contributed by atoms with van der Waals surface area (Å²) in [6.07, 6.45) is 3.35. The first-order valence-corrected chi connectivity index (χ1v) is 15.2. The van der Waals surface area contributed by atoms with Gasteiger partial charge in [-0.05, 0) is 43.9 Å². The van der Waals surface area contributed by atoms with Gasteiger partial charge in [0.05, 0.1) is 37.4 Å². The maximum absolute atomic E-state index is 13.4. The Balaban J connectivity index is 1.41. The number of esters is 2. The molecule has 42 heavy (non-hydrogen) atoms. The zero-order valence-electron chi connectivity index (χ0n) is 25.5. The van der Waals surface area contributed by atoms with Crippen LogP contribution < -0.4 is 0 Å². The molecule has 3 aliphatic heterocycles. The lowest BCUT2D eigenvalue weighted by atomic mass is 9.37. The van der Waals surface area contributed by atoms with E-state index in [0.717, 1.165) is 16.7 Å². The van der Waals surface area contributed by atoms with Crippen LogP contribution in [0.5, 0.6) is 0 Å². The van der Waals surface area contributed by atoms with E-state index in [1.165, 1.54) is 6.92 Å². The molecule has 0 unspecified atom stereocenters. The van der Waals surface area contributed by atoms with Crippen molar-refractivity contribution in [1.29, 1.82) is 0 Å². The number of fused-ring (bicyclic) bond motifs is 3. The molecule has 1 aromatic heterocycles. The second-order valence-corrected chi connectivity index (χ2v) is 14.1. The van der Waals surface area contributed by atoms with Gasteiger partial charge in [-0.15, -0.1) is 0 Å². The molecule has 0 radical (unpaired) electrons. The Bertz CT molecular complexity index is 1380. The highest BCUT2D eigenvalue weighted by atomic mass is 16.7. The molecule has 9 heteroatoms. The third-order valence-corrected chi connectivity index (χ3v) is 12.5. The van der Waals surface area contributed by atoms with Crippen molar-refractivity contribution >= 4 is 17.5 Å². The van der Waals surface area contributed by atoms with E-state index in [-0.39, 0.29) is 23.9 Å². The summed E-state index contributed by atoms with van der Waals surface area (Å²) in [4.78, 5) is 25.7. The highest BCUT2D eigenvalue weighted by Crippen LogP contribution is 2.76. The molecule has 12 atom stereocenters. The van der Waals surface area contributed by atoms with Gasteiger partial charge in [-0.3, -0.25) is 4.79 Å². The number of ether oxygens (including phenoxy) is 5. The molecular weight excluding hydrogens is 540 g/mol. The number of hydrogen-bond donors (Lipinski definition) is 1. The van der Waals surface area contributed by atoms with Crippen molar-refractivity contribution in [3.05, 3.63) is 41.4 Å². The Labute approximate surface area is 246 Å². The molecule has 0 aromatic carbocycles. The first-order chi connectivity index (χ1) is 19.8. The fourth-order valence-corrected chi connectivity index (χ4v) is 10.5. The van der Waals surface area contributed by atoms with Gasteiger partial charge in [-0.2, -0.15) is 0 Å². The predicted octanol–water partition coefficient (Wildman–Crippen LogP) is 4.58. The number of hydrogen-bond acceptors (Lipinski definition) is 9. The summed E-state index contributed by atoms with van der Waals surface area (Å²) in [6.45, 7) is 13.8. The molecule has 5 fully saturated rings. The van der Waals surface area contributed by atoms with Gasteiger partial charge in [0.1, 0.15) is 17.8 Å². The maximum Gasteiger partial charge on any atom is 0.333 e. The summed E-state index contributed by atoms with van der Waals surface area (Å²) in [5.74, 6) is -1.18. The standard InChI is InChI=1S/C33H42O9/c1-8-16(2)29(36)41-23-13-22(39-18(4)34)30(5)15-38-26-27(30)31(23,6)21-12-25-40-24-11-20(19-9-10-37-14-19)17(3)33(24,42-25)32(21,7)28(26)35/h8-10,14,21-28,35H,11-13,15H2,1-7H3/b16-8+/t21-,22-,23+,24+,25-,26-,27+,28-,30-,31+,32+,33-/m1/s1. The molecule has 3 aliphatic carbocycles. The zero-order valence-corrected chi connectivity index (χ0v) is 25.5. The van der Waals surface area contributed by atoms with E-state index >= 15 is 0 Å². The van der Waals surface area contributed by atoms with Crippen LogP contribution in [0.15, 0.2) is 40.2 Å². The van der Waals surface area contributed by atoms with Gasteiger partial charge in [0.15, 0.2) is 6.29 Å². The number of aliphatic hydroxyl groups is 1. The van der Waals surface area contributed by atoms with Crippen molar-refractivity contribution in [2.24, 2.45) is 28.1 Å². The smallest absolute Gasteiger partial charge is 0.333 e. The van der Waals surface area contributed by atoms with Gasteiger partial charge in [0.25, 0.3) is 0 Å².